The summed E-state index contributed by atoms with van der Waals surface area (Å²) in [6.45, 7) is 4.08. The molecule has 1 aliphatic rings. The van der Waals surface area contributed by atoms with Crippen LogP contribution in [0.5, 0.6) is 0 Å². The lowest BCUT2D eigenvalue weighted by Crippen LogP contribution is -2.53. The Balaban J connectivity index is 2.39. The van der Waals surface area contributed by atoms with Crippen LogP contribution < -0.4 is 0 Å². The Labute approximate surface area is 73.1 Å². The number of piperidine rings is 1. The Hall–Kier alpha value is 0.155. The molecule has 0 aliphatic carbocycles. The van der Waals surface area contributed by atoms with E-state index in [0.29, 0.717) is 0 Å². The summed E-state index contributed by atoms with van der Waals surface area (Å²) < 4.78 is 0. The molecule has 54 valence electrons. The highest BCUT2D eigenvalue weighted by Crippen LogP contribution is 2.18. The minimum Gasteiger partial charge on any atom is -0.322 e. The Morgan fingerprint density at radius 2 is 1.64 bits per heavy atom. The van der Waals surface area contributed by atoms with Crippen LogP contribution in [-0.2, 0) is 0 Å². The molecule has 0 atom stereocenters. The van der Waals surface area contributed by atoms with Crippen LogP contribution in [-0.4, -0.2) is 46.8 Å². The van der Waals surface area contributed by atoms with Crippen LogP contribution in [0.1, 0.15) is 19.8 Å². The number of rotatable bonds is 1. The molecule has 1 rings (SSSR count). The molecular weight excluding hydrogens is 131 g/mol. The molecule has 0 bridgehead atoms. The second-order valence-corrected chi connectivity index (χ2v) is 3.56. The van der Waals surface area contributed by atoms with Gasteiger partial charge in [-0.15, -0.1) is 0 Å². The summed E-state index contributed by atoms with van der Waals surface area (Å²) in [6.07, 6.45) is 2.29. The minimum atomic E-state index is -1.11. The Bertz CT molecular complexity index is 124. The molecule has 1 heterocycles. The van der Waals surface area contributed by atoms with Crippen molar-refractivity contribution in [2.24, 2.45) is 5.92 Å². The van der Waals surface area contributed by atoms with Crippen LogP contribution in [0.3, 0.4) is 0 Å². The van der Waals surface area contributed by atoms with E-state index in [1.807, 2.05) is 4.90 Å². The van der Waals surface area contributed by atoms with Gasteiger partial charge >= 0.3 is 0 Å². The van der Waals surface area contributed by atoms with Gasteiger partial charge in [-0.25, -0.2) is 0 Å². The summed E-state index contributed by atoms with van der Waals surface area (Å²) in [7, 11) is 16.6. The first-order valence-electron chi connectivity index (χ1n) is 4.12. The molecule has 11 heavy (non-hydrogen) atoms. The fourth-order valence-electron chi connectivity index (χ4n) is 1.40. The molecule has 0 aromatic heterocycles. The van der Waals surface area contributed by atoms with Crippen molar-refractivity contribution >= 4 is 23.5 Å². The third-order valence-electron chi connectivity index (χ3n) is 2.33. The molecule has 1 aliphatic heterocycles. The average molecular weight is 143 g/mol. The summed E-state index contributed by atoms with van der Waals surface area (Å²) in [5.74, 6) is 0.786. The highest BCUT2D eigenvalue weighted by atomic mass is 15.2. The van der Waals surface area contributed by atoms with Gasteiger partial charge in [-0.2, -0.15) is 0 Å². The van der Waals surface area contributed by atoms with E-state index in [9.17, 15) is 0 Å². The normalized spacial score (nSPS) is 23.7. The van der Waals surface area contributed by atoms with E-state index >= 15 is 0 Å². The van der Waals surface area contributed by atoms with Crippen molar-refractivity contribution in [2.45, 2.75) is 25.0 Å². The summed E-state index contributed by atoms with van der Waals surface area (Å²) in [5, 5.41) is -1.11. The molecule has 0 unspecified atom stereocenters. The lowest BCUT2D eigenvalue weighted by molar-refractivity contribution is 0.190. The van der Waals surface area contributed by atoms with E-state index in [2.05, 4.69) is 6.92 Å². The number of likely N-dealkylation sites (tertiary alicyclic amines) is 1. The average Bonchev–Trinajstić information content (AvgIpc) is 1.86. The third-order valence-corrected chi connectivity index (χ3v) is 2.33. The van der Waals surface area contributed by atoms with Gasteiger partial charge in [0.05, 0.1) is 23.5 Å². The zero-order valence-electron chi connectivity index (χ0n) is 7.09. The molecule has 6 radical (unpaired) electrons. The number of hydrogen-bond donors (Lipinski definition) is 0. The molecule has 1 fully saturated rings. The molecule has 4 heteroatoms. The predicted molar refractivity (Wildman–Crippen MR) is 50.0 cm³/mol. The van der Waals surface area contributed by atoms with Crippen molar-refractivity contribution in [3.63, 3.8) is 0 Å². The van der Waals surface area contributed by atoms with Crippen molar-refractivity contribution < 1.29 is 0 Å². The van der Waals surface area contributed by atoms with Gasteiger partial charge in [0.2, 0.25) is 0 Å². The topological polar surface area (TPSA) is 3.24 Å². The van der Waals surface area contributed by atoms with Crippen molar-refractivity contribution in [3.8, 4) is 0 Å². The minimum absolute atomic E-state index is 0.786. The highest BCUT2D eigenvalue weighted by Gasteiger charge is 2.23. The molecule has 0 spiro atoms. The monoisotopic (exact) mass is 143 g/mol. The largest absolute Gasteiger partial charge is 0.322 e. The van der Waals surface area contributed by atoms with Gasteiger partial charge in [0.1, 0.15) is 0 Å². The molecule has 1 nitrogen and oxygen atoms in total. The fourth-order valence-corrected chi connectivity index (χ4v) is 1.40. The second-order valence-electron chi connectivity index (χ2n) is 3.56. The van der Waals surface area contributed by atoms with Crippen molar-refractivity contribution in [2.75, 3.05) is 13.1 Å². The van der Waals surface area contributed by atoms with Gasteiger partial charge in [-0.1, -0.05) is 12.2 Å². The first-order chi connectivity index (χ1) is 5.00. The second kappa shape index (κ2) is 3.26. The molecule has 0 N–H and O–H groups in total. The van der Waals surface area contributed by atoms with Gasteiger partial charge in [0.25, 0.3) is 0 Å². The maximum absolute atomic E-state index is 5.54. The lowest BCUT2D eigenvalue weighted by Gasteiger charge is -2.41. The van der Waals surface area contributed by atoms with E-state index in [-0.39, 0.29) is 0 Å². The van der Waals surface area contributed by atoms with Gasteiger partial charge in [0.15, 0.2) is 0 Å². The lowest BCUT2D eigenvalue weighted by atomic mass is 9.48. The zero-order valence-corrected chi connectivity index (χ0v) is 7.09. The predicted octanol–water partition coefficient (Wildman–Crippen LogP) is -0.165. The van der Waals surface area contributed by atoms with Crippen LogP contribution in [0.2, 0.25) is 0 Å². The summed E-state index contributed by atoms with van der Waals surface area (Å²) in [6, 6.07) is 0. The number of nitrogens with zero attached hydrogens (tertiary/aromatic N) is 1. The first-order valence-corrected chi connectivity index (χ1v) is 4.12. The molecule has 0 amide bonds. The van der Waals surface area contributed by atoms with Crippen LogP contribution in [0, 0.1) is 5.92 Å². The van der Waals surface area contributed by atoms with Crippen LogP contribution in [0.25, 0.3) is 0 Å². The quantitative estimate of drug-likeness (QED) is 0.460. The van der Waals surface area contributed by atoms with Gasteiger partial charge in [0, 0.05) is 0 Å². The van der Waals surface area contributed by atoms with Crippen molar-refractivity contribution in [1.82, 2.24) is 4.90 Å². The van der Waals surface area contributed by atoms with Crippen LogP contribution in [0.15, 0.2) is 0 Å². The van der Waals surface area contributed by atoms with Gasteiger partial charge < -0.3 is 4.90 Å². The highest BCUT2D eigenvalue weighted by molar-refractivity contribution is 6.59. The summed E-state index contributed by atoms with van der Waals surface area (Å²) >= 11 is 0. The fraction of sp³-hybridized carbons (Fsp3) is 1.00. The number of hydrogen-bond acceptors (Lipinski definition) is 1. The Morgan fingerprint density at radius 1 is 1.18 bits per heavy atom. The Kier molecular flexibility index (Phi) is 2.74. The van der Waals surface area contributed by atoms with E-state index in [0.717, 1.165) is 31.8 Å². The van der Waals surface area contributed by atoms with Crippen molar-refractivity contribution in [1.29, 1.82) is 0 Å². The smallest absolute Gasteiger partial charge is 0.0698 e. The molecule has 0 aromatic carbocycles. The summed E-state index contributed by atoms with van der Waals surface area (Å²) in [5.41, 5.74) is 0. The van der Waals surface area contributed by atoms with E-state index < -0.39 is 5.24 Å². The maximum Gasteiger partial charge on any atom is 0.0698 e. The third kappa shape index (κ3) is 2.59. The molecule has 1 saturated heterocycles. The maximum atomic E-state index is 5.54. The summed E-state index contributed by atoms with van der Waals surface area (Å²) in [4.78, 5) is 1.92. The van der Waals surface area contributed by atoms with Gasteiger partial charge in [-0.3, -0.25) is 0 Å². The van der Waals surface area contributed by atoms with Gasteiger partial charge in [-0.05, 0) is 31.8 Å². The molecule has 0 saturated carbocycles. The van der Waals surface area contributed by atoms with Crippen LogP contribution in [0.4, 0.5) is 0 Å². The molecular formula is C7H12B3N. The SMILES string of the molecule is [B]C([B])([B])N1CCC(C)CC1. The van der Waals surface area contributed by atoms with E-state index in [1.165, 1.54) is 0 Å². The first kappa shape index (κ1) is 9.24. The standard InChI is InChI=1S/C7H12B3N/c1-6-2-4-11(5-3-6)7(8,9)10/h6H,2-5H2,1H3. The Morgan fingerprint density at radius 3 is 2.00 bits per heavy atom. The molecule has 0 aromatic rings. The van der Waals surface area contributed by atoms with E-state index in [4.69, 9.17) is 23.5 Å². The van der Waals surface area contributed by atoms with Crippen molar-refractivity contribution in [3.05, 3.63) is 0 Å². The zero-order chi connectivity index (χ0) is 8.48. The van der Waals surface area contributed by atoms with E-state index in [1.54, 1.807) is 0 Å². The van der Waals surface area contributed by atoms with Crippen LogP contribution >= 0.6 is 0 Å².